The molecule has 0 aliphatic heterocycles. The highest BCUT2D eigenvalue weighted by Crippen LogP contribution is 2.22. The maximum atomic E-state index is 5.82. The fraction of sp³-hybridized carbons (Fsp3) is 0.500. The molecule has 2 rings (SSSR count). The predicted octanol–water partition coefficient (Wildman–Crippen LogP) is 2.34. The van der Waals surface area contributed by atoms with Gasteiger partial charge in [-0.25, -0.2) is 0 Å². The Morgan fingerprint density at radius 1 is 1.50 bits per heavy atom. The molecular weight excluding hydrogens is 252 g/mol. The van der Waals surface area contributed by atoms with Gasteiger partial charge in [-0.15, -0.1) is 5.10 Å². The largest absolute Gasteiger partial charge is 0.448 e. The Balaban J connectivity index is 2.09. The third-order valence-corrected chi connectivity index (χ3v) is 2.84. The molecule has 1 atom stereocenters. The van der Waals surface area contributed by atoms with Crippen LogP contribution in [0.2, 0.25) is 5.22 Å². The number of halogens is 1. The van der Waals surface area contributed by atoms with Crippen LogP contribution < -0.4 is 5.32 Å². The molecule has 0 aliphatic carbocycles. The molecule has 0 radical (unpaired) electrons. The fourth-order valence-electron chi connectivity index (χ4n) is 1.81. The van der Waals surface area contributed by atoms with Crippen LogP contribution in [0.5, 0.6) is 0 Å². The minimum Gasteiger partial charge on any atom is -0.448 e. The predicted molar refractivity (Wildman–Crippen MR) is 69.5 cm³/mol. The Hall–Kier alpha value is -1.33. The van der Waals surface area contributed by atoms with E-state index in [0.717, 1.165) is 30.8 Å². The van der Waals surface area contributed by atoms with Crippen LogP contribution in [0.1, 0.15) is 30.8 Å². The van der Waals surface area contributed by atoms with E-state index in [1.165, 1.54) is 0 Å². The van der Waals surface area contributed by atoms with Gasteiger partial charge in [0.05, 0.1) is 11.7 Å². The third-order valence-electron chi connectivity index (χ3n) is 2.64. The minimum absolute atomic E-state index is 0.0779. The van der Waals surface area contributed by atoms with Crippen molar-refractivity contribution in [1.29, 1.82) is 0 Å². The summed E-state index contributed by atoms with van der Waals surface area (Å²) in [6.07, 6.45) is 3.70. The van der Waals surface area contributed by atoms with E-state index in [2.05, 4.69) is 22.6 Å². The summed E-state index contributed by atoms with van der Waals surface area (Å²) in [6.45, 7) is 3.05. The first-order chi connectivity index (χ1) is 8.69. The van der Waals surface area contributed by atoms with Gasteiger partial charge in [0, 0.05) is 19.7 Å². The summed E-state index contributed by atoms with van der Waals surface area (Å²) in [6, 6.07) is 3.73. The molecule has 0 bridgehead atoms. The maximum absolute atomic E-state index is 5.82. The number of furan rings is 1. The van der Waals surface area contributed by atoms with E-state index in [1.54, 1.807) is 10.7 Å². The molecular formula is C12H17ClN4O. The van der Waals surface area contributed by atoms with Gasteiger partial charge in [-0.05, 0) is 36.7 Å². The summed E-state index contributed by atoms with van der Waals surface area (Å²) in [5.74, 6) is 0.833. The van der Waals surface area contributed by atoms with Gasteiger partial charge in [0.25, 0.3) is 0 Å². The second kappa shape index (κ2) is 6.02. The molecule has 18 heavy (non-hydrogen) atoms. The van der Waals surface area contributed by atoms with Crippen LogP contribution in [0.25, 0.3) is 0 Å². The van der Waals surface area contributed by atoms with E-state index in [-0.39, 0.29) is 6.04 Å². The minimum atomic E-state index is 0.0779. The molecule has 0 spiro atoms. The first-order valence-electron chi connectivity index (χ1n) is 6.03. The highest BCUT2D eigenvalue weighted by molar-refractivity contribution is 6.28. The van der Waals surface area contributed by atoms with Crippen molar-refractivity contribution >= 4 is 11.6 Å². The normalized spacial score (nSPS) is 12.8. The van der Waals surface area contributed by atoms with Gasteiger partial charge in [-0.3, -0.25) is 4.68 Å². The molecule has 0 saturated carbocycles. The lowest BCUT2D eigenvalue weighted by atomic mass is 10.1. The van der Waals surface area contributed by atoms with Gasteiger partial charge in [0.1, 0.15) is 5.76 Å². The molecule has 0 amide bonds. The zero-order valence-electron chi connectivity index (χ0n) is 10.6. The van der Waals surface area contributed by atoms with Crippen LogP contribution in [0, 0.1) is 0 Å². The Bertz CT molecular complexity index is 494. The average Bonchev–Trinajstić information content (AvgIpc) is 2.93. The van der Waals surface area contributed by atoms with Gasteiger partial charge < -0.3 is 9.73 Å². The number of hydrogen-bond donors (Lipinski definition) is 1. The lowest BCUT2D eigenvalue weighted by Gasteiger charge is -2.14. The molecule has 2 heterocycles. The van der Waals surface area contributed by atoms with Crippen molar-refractivity contribution in [3.8, 4) is 0 Å². The third kappa shape index (κ3) is 3.34. The SMILES string of the molecule is CCCNC(Cc1cn(C)nn1)c1ccc(Cl)o1. The fourth-order valence-corrected chi connectivity index (χ4v) is 1.96. The second-order valence-corrected chi connectivity index (χ2v) is 4.61. The molecule has 98 valence electrons. The quantitative estimate of drug-likeness (QED) is 0.874. The summed E-state index contributed by atoms with van der Waals surface area (Å²) in [5.41, 5.74) is 0.929. The number of hydrogen-bond acceptors (Lipinski definition) is 4. The Kier molecular flexibility index (Phi) is 4.38. The maximum Gasteiger partial charge on any atom is 0.193 e. The first kappa shape index (κ1) is 13.1. The van der Waals surface area contributed by atoms with Crippen molar-refractivity contribution in [1.82, 2.24) is 20.3 Å². The van der Waals surface area contributed by atoms with E-state index in [4.69, 9.17) is 16.0 Å². The Labute approximate surface area is 111 Å². The van der Waals surface area contributed by atoms with E-state index < -0.39 is 0 Å². The summed E-state index contributed by atoms with van der Waals surface area (Å²) in [7, 11) is 1.86. The van der Waals surface area contributed by atoms with Gasteiger partial charge in [-0.1, -0.05) is 12.1 Å². The molecule has 0 aromatic carbocycles. The topological polar surface area (TPSA) is 55.9 Å². The van der Waals surface area contributed by atoms with Crippen molar-refractivity contribution < 1.29 is 4.42 Å². The number of rotatable bonds is 6. The number of aromatic nitrogens is 3. The van der Waals surface area contributed by atoms with Gasteiger partial charge in [0.2, 0.25) is 0 Å². The Morgan fingerprint density at radius 3 is 2.89 bits per heavy atom. The smallest absolute Gasteiger partial charge is 0.193 e. The van der Waals surface area contributed by atoms with Crippen molar-refractivity contribution in [2.24, 2.45) is 7.05 Å². The number of aryl methyl sites for hydroxylation is 1. The zero-order valence-corrected chi connectivity index (χ0v) is 11.3. The molecule has 0 fully saturated rings. The highest BCUT2D eigenvalue weighted by Gasteiger charge is 2.17. The molecule has 5 nitrogen and oxygen atoms in total. The molecule has 1 unspecified atom stereocenters. The molecule has 6 heteroatoms. The average molecular weight is 269 g/mol. The number of nitrogens with one attached hydrogen (secondary N) is 1. The second-order valence-electron chi connectivity index (χ2n) is 4.24. The van der Waals surface area contributed by atoms with Crippen LogP contribution in [0.15, 0.2) is 22.7 Å². The van der Waals surface area contributed by atoms with Crippen LogP contribution in [-0.2, 0) is 13.5 Å². The zero-order chi connectivity index (χ0) is 13.0. The highest BCUT2D eigenvalue weighted by atomic mass is 35.5. The van der Waals surface area contributed by atoms with E-state index in [9.17, 15) is 0 Å². The van der Waals surface area contributed by atoms with Crippen molar-refractivity contribution in [3.05, 3.63) is 35.0 Å². The number of nitrogens with zero attached hydrogens (tertiary/aromatic N) is 3. The summed E-state index contributed by atoms with van der Waals surface area (Å²) in [5, 5.41) is 11.9. The van der Waals surface area contributed by atoms with E-state index in [1.807, 2.05) is 19.3 Å². The summed E-state index contributed by atoms with van der Waals surface area (Å²) < 4.78 is 7.17. The van der Waals surface area contributed by atoms with Gasteiger partial charge in [-0.2, -0.15) is 0 Å². The van der Waals surface area contributed by atoms with Crippen LogP contribution in [0.4, 0.5) is 0 Å². The monoisotopic (exact) mass is 268 g/mol. The van der Waals surface area contributed by atoms with Crippen LogP contribution in [-0.4, -0.2) is 21.5 Å². The van der Waals surface area contributed by atoms with E-state index >= 15 is 0 Å². The lowest BCUT2D eigenvalue weighted by Crippen LogP contribution is -2.23. The van der Waals surface area contributed by atoms with Crippen molar-refractivity contribution in [3.63, 3.8) is 0 Å². The Morgan fingerprint density at radius 2 is 2.33 bits per heavy atom. The molecule has 0 aliphatic rings. The van der Waals surface area contributed by atoms with Gasteiger partial charge in [0.15, 0.2) is 5.22 Å². The lowest BCUT2D eigenvalue weighted by molar-refractivity contribution is 0.409. The summed E-state index contributed by atoms with van der Waals surface area (Å²) >= 11 is 5.82. The van der Waals surface area contributed by atoms with Crippen LogP contribution >= 0.6 is 11.6 Å². The van der Waals surface area contributed by atoms with Crippen LogP contribution in [0.3, 0.4) is 0 Å². The van der Waals surface area contributed by atoms with E-state index in [0.29, 0.717) is 5.22 Å². The molecule has 2 aromatic heterocycles. The molecule has 0 saturated heterocycles. The van der Waals surface area contributed by atoms with Crippen molar-refractivity contribution in [2.45, 2.75) is 25.8 Å². The molecule has 2 aromatic rings. The van der Waals surface area contributed by atoms with Crippen molar-refractivity contribution in [2.75, 3.05) is 6.54 Å². The first-order valence-corrected chi connectivity index (χ1v) is 6.40. The summed E-state index contributed by atoms with van der Waals surface area (Å²) in [4.78, 5) is 0. The molecule has 1 N–H and O–H groups in total. The standard InChI is InChI=1S/C12H17ClN4O/c1-3-6-14-10(11-4-5-12(13)18-11)7-9-8-17(2)16-15-9/h4-5,8,10,14H,3,6-7H2,1-2H3. The van der Waals surface area contributed by atoms with Gasteiger partial charge >= 0.3 is 0 Å².